The average Bonchev–Trinajstić information content (AvgIpc) is 3.11. The van der Waals surface area contributed by atoms with Crippen molar-refractivity contribution in [3.8, 4) is 11.3 Å². The molecule has 2 aromatic carbocycles. The first-order valence-corrected chi connectivity index (χ1v) is 7.32. The Morgan fingerprint density at radius 2 is 1.70 bits per heavy atom. The summed E-state index contributed by atoms with van der Waals surface area (Å²) in [6.07, 6.45) is 3.27. The lowest BCUT2D eigenvalue weighted by Crippen LogP contribution is -2.13. The number of hydrogen-bond acceptors (Lipinski definition) is 3. The Hall–Kier alpha value is -3.27. The lowest BCUT2D eigenvalue weighted by atomic mass is 10.1. The zero-order valence-corrected chi connectivity index (χ0v) is 12.3. The van der Waals surface area contributed by atoms with E-state index in [2.05, 4.69) is 10.1 Å². The third-order valence-corrected chi connectivity index (χ3v) is 3.70. The quantitative estimate of drug-likeness (QED) is 0.566. The molecule has 0 amide bonds. The van der Waals surface area contributed by atoms with Gasteiger partial charge in [0.05, 0.1) is 16.8 Å². The van der Waals surface area contributed by atoms with E-state index in [9.17, 15) is 4.79 Å². The number of benzene rings is 2. The van der Waals surface area contributed by atoms with Crippen molar-refractivity contribution < 1.29 is 4.79 Å². The van der Waals surface area contributed by atoms with Crippen LogP contribution >= 0.6 is 0 Å². The average molecular weight is 299 g/mol. The zero-order valence-electron chi connectivity index (χ0n) is 12.3. The molecule has 0 bridgehead atoms. The number of rotatable bonds is 2. The van der Waals surface area contributed by atoms with Crippen LogP contribution in [0.5, 0.6) is 0 Å². The second kappa shape index (κ2) is 5.50. The van der Waals surface area contributed by atoms with Gasteiger partial charge in [-0.3, -0.25) is 9.78 Å². The zero-order chi connectivity index (χ0) is 15.6. The van der Waals surface area contributed by atoms with E-state index in [1.165, 1.54) is 4.68 Å². The number of pyridine rings is 1. The SMILES string of the molecule is O=C(c1cnc2ccccc2c1)n1ccc(-c2ccccc2)n1. The Kier molecular flexibility index (Phi) is 3.20. The van der Waals surface area contributed by atoms with Gasteiger partial charge in [-0.1, -0.05) is 48.5 Å². The van der Waals surface area contributed by atoms with Crippen LogP contribution < -0.4 is 0 Å². The Bertz CT molecular complexity index is 990. The largest absolute Gasteiger partial charge is 0.279 e. The van der Waals surface area contributed by atoms with E-state index in [1.807, 2.05) is 66.7 Å². The van der Waals surface area contributed by atoms with Crippen LogP contribution in [0.1, 0.15) is 10.4 Å². The van der Waals surface area contributed by atoms with E-state index in [4.69, 9.17) is 0 Å². The highest BCUT2D eigenvalue weighted by molar-refractivity contribution is 5.98. The number of nitrogens with zero attached hydrogens (tertiary/aromatic N) is 3. The first-order valence-electron chi connectivity index (χ1n) is 7.32. The predicted molar refractivity (Wildman–Crippen MR) is 89.1 cm³/mol. The van der Waals surface area contributed by atoms with Gasteiger partial charge >= 0.3 is 0 Å². The summed E-state index contributed by atoms with van der Waals surface area (Å²) < 4.78 is 1.36. The van der Waals surface area contributed by atoms with Crippen LogP contribution in [0.3, 0.4) is 0 Å². The molecule has 0 atom stereocenters. The number of hydrogen-bond donors (Lipinski definition) is 0. The minimum Gasteiger partial charge on any atom is -0.267 e. The Balaban J connectivity index is 1.69. The fourth-order valence-corrected chi connectivity index (χ4v) is 2.52. The molecule has 2 aromatic heterocycles. The van der Waals surface area contributed by atoms with Crippen molar-refractivity contribution in [3.63, 3.8) is 0 Å². The van der Waals surface area contributed by atoms with Crippen LogP contribution in [0, 0.1) is 0 Å². The summed E-state index contributed by atoms with van der Waals surface area (Å²) >= 11 is 0. The molecule has 0 aliphatic heterocycles. The molecule has 0 N–H and O–H groups in total. The van der Waals surface area contributed by atoms with Crippen LogP contribution in [-0.2, 0) is 0 Å². The predicted octanol–water partition coefficient (Wildman–Crippen LogP) is 3.79. The first-order chi connectivity index (χ1) is 11.3. The van der Waals surface area contributed by atoms with Gasteiger partial charge in [-0.25, -0.2) is 4.68 Å². The van der Waals surface area contributed by atoms with E-state index in [1.54, 1.807) is 12.4 Å². The van der Waals surface area contributed by atoms with E-state index in [0.29, 0.717) is 5.56 Å². The molecule has 0 aliphatic rings. The highest BCUT2D eigenvalue weighted by Gasteiger charge is 2.12. The summed E-state index contributed by atoms with van der Waals surface area (Å²) in [6, 6.07) is 21.2. The lowest BCUT2D eigenvalue weighted by molar-refractivity contribution is 0.0945. The van der Waals surface area contributed by atoms with Gasteiger partial charge in [-0.15, -0.1) is 0 Å². The minimum absolute atomic E-state index is 0.189. The number of para-hydroxylation sites is 1. The second-order valence-electron chi connectivity index (χ2n) is 5.23. The van der Waals surface area contributed by atoms with Crippen molar-refractivity contribution in [1.29, 1.82) is 0 Å². The maximum absolute atomic E-state index is 12.6. The summed E-state index contributed by atoms with van der Waals surface area (Å²) in [7, 11) is 0. The molecule has 4 rings (SSSR count). The monoisotopic (exact) mass is 299 g/mol. The molecule has 2 heterocycles. The molecule has 4 nitrogen and oxygen atoms in total. The second-order valence-corrected chi connectivity index (χ2v) is 5.23. The number of fused-ring (bicyclic) bond motifs is 1. The number of carbonyl (C=O) groups is 1. The van der Waals surface area contributed by atoms with Crippen LogP contribution in [-0.4, -0.2) is 20.7 Å². The molecule has 0 saturated carbocycles. The molecular weight excluding hydrogens is 286 g/mol. The molecule has 0 radical (unpaired) electrons. The van der Waals surface area contributed by atoms with Gasteiger partial charge in [-0.05, 0) is 18.2 Å². The van der Waals surface area contributed by atoms with Crippen molar-refractivity contribution in [1.82, 2.24) is 14.8 Å². The van der Waals surface area contributed by atoms with E-state index in [-0.39, 0.29) is 5.91 Å². The standard InChI is InChI=1S/C19H13N3O/c23-19(16-12-15-8-4-5-9-17(15)20-13-16)22-11-10-18(21-22)14-6-2-1-3-7-14/h1-13H. The van der Waals surface area contributed by atoms with Gasteiger partial charge in [0, 0.05) is 23.3 Å². The van der Waals surface area contributed by atoms with Gasteiger partial charge in [-0.2, -0.15) is 5.10 Å². The summed E-state index contributed by atoms with van der Waals surface area (Å²) in [5.41, 5.74) is 3.14. The highest BCUT2D eigenvalue weighted by atomic mass is 16.2. The fraction of sp³-hybridized carbons (Fsp3) is 0. The van der Waals surface area contributed by atoms with E-state index in [0.717, 1.165) is 22.2 Å². The Morgan fingerprint density at radius 1 is 0.913 bits per heavy atom. The number of aromatic nitrogens is 3. The molecule has 0 unspecified atom stereocenters. The summed E-state index contributed by atoms with van der Waals surface area (Å²) in [5.74, 6) is -0.189. The highest BCUT2D eigenvalue weighted by Crippen LogP contribution is 2.17. The normalized spacial score (nSPS) is 10.8. The number of carbonyl (C=O) groups excluding carboxylic acids is 1. The fourth-order valence-electron chi connectivity index (χ4n) is 2.52. The van der Waals surface area contributed by atoms with Gasteiger partial charge < -0.3 is 0 Å². The van der Waals surface area contributed by atoms with Gasteiger partial charge in [0.1, 0.15) is 0 Å². The summed E-state index contributed by atoms with van der Waals surface area (Å²) in [4.78, 5) is 16.9. The third kappa shape index (κ3) is 2.51. The Morgan fingerprint density at radius 3 is 2.57 bits per heavy atom. The third-order valence-electron chi connectivity index (χ3n) is 3.70. The summed E-state index contributed by atoms with van der Waals surface area (Å²) in [6.45, 7) is 0. The molecule has 0 saturated heterocycles. The first kappa shape index (κ1) is 13.4. The van der Waals surface area contributed by atoms with Crippen LogP contribution in [0.25, 0.3) is 22.2 Å². The van der Waals surface area contributed by atoms with Gasteiger partial charge in [0.15, 0.2) is 0 Å². The van der Waals surface area contributed by atoms with Crippen molar-refractivity contribution in [2.75, 3.05) is 0 Å². The molecular formula is C19H13N3O. The minimum atomic E-state index is -0.189. The van der Waals surface area contributed by atoms with Crippen molar-refractivity contribution in [2.24, 2.45) is 0 Å². The van der Waals surface area contributed by atoms with Gasteiger partial charge in [0.25, 0.3) is 5.91 Å². The van der Waals surface area contributed by atoms with Crippen LogP contribution in [0.2, 0.25) is 0 Å². The maximum Gasteiger partial charge on any atom is 0.279 e. The molecule has 4 aromatic rings. The van der Waals surface area contributed by atoms with Crippen molar-refractivity contribution in [3.05, 3.63) is 84.7 Å². The van der Waals surface area contributed by atoms with Crippen LogP contribution in [0.4, 0.5) is 0 Å². The molecule has 0 aliphatic carbocycles. The van der Waals surface area contributed by atoms with Crippen molar-refractivity contribution in [2.45, 2.75) is 0 Å². The molecule has 0 spiro atoms. The smallest absolute Gasteiger partial charge is 0.267 e. The molecule has 110 valence electrons. The molecule has 23 heavy (non-hydrogen) atoms. The molecule has 0 fully saturated rings. The maximum atomic E-state index is 12.6. The van der Waals surface area contributed by atoms with Crippen molar-refractivity contribution >= 4 is 16.8 Å². The molecule has 4 heteroatoms. The summed E-state index contributed by atoms with van der Waals surface area (Å²) in [5, 5.41) is 5.31. The lowest BCUT2D eigenvalue weighted by Gasteiger charge is -2.02. The van der Waals surface area contributed by atoms with E-state index >= 15 is 0 Å². The van der Waals surface area contributed by atoms with Gasteiger partial charge in [0.2, 0.25) is 0 Å². The van der Waals surface area contributed by atoms with E-state index < -0.39 is 0 Å². The topological polar surface area (TPSA) is 47.8 Å². The Labute approximate surface area is 133 Å². The van der Waals surface area contributed by atoms with Crippen LogP contribution in [0.15, 0.2) is 79.1 Å².